The van der Waals surface area contributed by atoms with E-state index in [2.05, 4.69) is 19.2 Å². The molecule has 3 heteroatoms. The average Bonchev–Trinajstić information content (AvgIpc) is 2.24. The number of ether oxygens (including phenoxy) is 2. The zero-order valence-corrected chi connectivity index (χ0v) is 10.1. The van der Waals surface area contributed by atoms with Gasteiger partial charge in [0.25, 0.3) is 0 Å². The normalized spacial score (nSPS) is 22.2. The Kier molecular flexibility index (Phi) is 6.98. The van der Waals surface area contributed by atoms with Gasteiger partial charge in [0.15, 0.2) is 0 Å². The Labute approximate surface area is 93.5 Å². The Hall–Kier alpha value is -0.120. The molecule has 1 unspecified atom stereocenters. The van der Waals surface area contributed by atoms with E-state index in [9.17, 15) is 0 Å². The van der Waals surface area contributed by atoms with Gasteiger partial charge in [-0.15, -0.1) is 0 Å². The van der Waals surface area contributed by atoms with Gasteiger partial charge in [0, 0.05) is 13.2 Å². The molecule has 0 aromatic heterocycles. The van der Waals surface area contributed by atoms with E-state index >= 15 is 0 Å². The van der Waals surface area contributed by atoms with Crippen LogP contribution in [0.25, 0.3) is 0 Å². The molecule has 1 atom stereocenters. The molecule has 0 bridgehead atoms. The Morgan fingerprint density at radius 1 is 1.33 bits per heavy atom. The van der Waals surface area contributed by atoms with Crippen molar-refractivity contribution in [1.82, 2.24) is 5.32 Å². The molecule has 90 valence electrons. The van der Waals surface area contributed by atoms with E-state index in [0.29, 0.717) is 12.2 Å². The van der Waals surface area contributed by atoms with E-state index in [1.165, 1.54) is 19.3 Å². The third-order valence-corrected chi connectivity index (χ3v) is 2.65. The molecule has 0 amide bonds. The summed E-state index contributed by atoms with van der Waals surface area (Å²) in [5, 5.41) is 3.38. The fourth-order valence-electron chi connectivity index (χ4n) is 1.79. The highest BCUT2D eigenvalue weighted by atomic mass is 16.5. The van der Waals surface area contributed by atoms with E-state index < -0.39 is 0 Å². The summed E-state index contributed by atoms with van der Waals surface area (Å²) in [6.07, 6.45) is 5.80. The van der Waals surface area contributed by atoms with Crippen LogP contribution >= 0.6 is 0 Å². The molecule has 15 heavy (non-hydrogen) atoms. The Morgan fingerprint density at radius 3 is 2.87 bits per heavy atom. The fraction of sp³-hybridized carbons (Fsp3) is 1.00. The lowest BCUT2D eigenvalue weighted by Crippen LogP contribution is -2.27. The van der Waals surface area contributed by atoms with Gasteiger partial charge in [-0.05, 0) is 46.1 Å². The zero-order chi connectivity index (χ0) is 10.9. The molecule has 3 nitrogen and oxygen atoms in total. The number of nitrogens with one attached hydrogen (secondary N) is 1. The molecule has 1 rings (SSSR count). The molecule has 1 saturated heterocycles. The Balaban J connectivity index is 1.83. The highest BCUT2D eigenvalue weighted by molar-refractivity contribution is 4.64. The maximum Gasteiger partial charge on any atom is 0.0594 e. The van der Waals surface area contributed by atoms with Crippen LogP contribution in [0.5, 0.6) is 0 Å². The van der Waals surface area contributed by atoms with Gasteiger partial charge in [0.2, 0.25) is 0 Å². The van der Waals surface area contributed by atoms with Crippen LogP contribution in [0.3, 0.4) is 0 Å². The predicted octanol–water partition coefficient (Wildman–Crippen LogP) is 1.96. The van der Waals surface area contributed by atoms with Crippen molar-refractivity contribution in [2.45, 2.75) is 51.7 Å². The highest BCUT2D eigenvalue weighted by Gasteiger charge is 2.12. The van der Waals surface area contributed by atoms with Crippen LogP contribution < -0.4 is 5.32 Å². The summed E-state index contributed by atoms with van der Waals surface area (Å²) in [4.78, 5) is 0. The van der Waals surface area contributed by atoms with Crippen LogP contribution in [0.15, 0.2) is 0 Å². The van der Waals surface area contributed by atoms with E-state index in [-0.39, 0.29) is 0 Å². The molecular weight excluding hydrogens is 190 g/mol. The second-order valence-electron chi connectivity index (χ2n) is 4.45. The molecular formula is C12H25NO2. The average molecular weight is 215 g/mol. The van der Waals surface area contributed by atoms with Gasteiger partial charge in [-0.1, -0.05) is 0 Å². The third kappa shape index (κ3) is 6.88. The first-order valence-electron chi connectivity index (χ1n) is 6.23. The monoisotopic (exact) mass is 215 g/mol. The highest BCUT2D eigenvalue weighted by Crippen LogP contribution is 2.14. The van der Waals surface area contributed by atoms with Crippen molar-refractivity contribution in [3.8, 4) is 0 Å². The molecule has 0 aromatic carbocycles. The van der Waals surface area contributed by atoms with Gasteiger partial charge in [-0.2, -0.15) is 0 Å². The summed E-state index contributed by atoms with van der Waals surface area (Å²) < 4.78 is 11.1. The van der Waals surface area contributed by atoms with Crippen molar-refractivity contribution in [2.75, 3.05) is 26.3 Å². The van der Waals surface area contributed by atoms with Crippen molar-refractivity contribution in [1.29, 1.82) is 0 Å². The molecule has 0 radical (unpaired) electrons. The second-order valence-corrected chi connectivity index (χ2v) is 4.45. The minimum atomic E-state index is 0.341. The van der Waals surface area contributed by atoms with E-state index in [4.69, 9.17) is 9.47 Å². The molecule has 0 saturated carbocycles. The molecule has 0 aromatic rings. The molecule has 1 fully saturated rings. The lowest BCUT2D eigenvalue weighted by Gasteiger charge is -2.22. The summed E-state index contributed by atoms with van der Waals surface area (Å²) in [7, 11) is 0. The third-order valence-electron chi connectivity index (χ3n) is 2.65. The molecule has 1 aliphatic rings. The van der Waals surface area contributed by atoms with Crippen molar-refractivity contribution in [2.24, 2.45) is 0 Å². The smallest absolute Gasteiger partial charge is 0.0594 e. The van der Waals surface area contributed by atoms with Crippen LogP contribution in [-0.4, -0.2) is 38.5 Å². The molecule has 1 N–H and O–H groups in total. The lowest BCUT2D eigenvalue weighted by atomic mass is 10.1. The Bertz CT molecular complexity index is 145. The SMILES string of the molecule is CC(C)OCCNCCC1CCCCO1. The number of hydrogen-bond acceptors (Lipinski definition) is 3. The van der Waals surface area contributed by atoms with Crippen LogP contribution in [0.1, 0.15) is 39.5 Å². The summed E-state index contributed by atoms with van der Waals surface area (Å²) in [5.74, 6) is 0. The van der Waals surface area contributed by atoms with Crippen LogP contribution in [0.4, 0.5) is 0 Å². The quantitative estimate of drug-likeness (QED) is 0.659. The number of hydrogen-bond donors (Lipinski definition) is 1. The van der Waals surface area contributed by atoms with Gasteiger partial charge >= 0.3 is 0 Å². The summed E-state index contributed by atoms with van der Waals surface area (Å²) >= 11 is 0. The second kappa shape index (κ2) is 8.08. The zero-order valence-electron chi connectivity index (χ0n) is 10.1. The van der Waals surface area contributed by atoms with Gasteiger partial charge in [0.05, 0.1) is 18.8 Å². The van der Waals surface area contributed by atoms with E-state index in [1.807, 2.05) is 0 Å². The molecule has 0 spiro atoms. The molecule has 1 aliphatic heterocycles. The predicted molar refractivity (Wildman–Crippen MR) is 62.2 cm³/mol. The molecule has 0 aliphatic carbocycles. The molecule has 1 heterocycles. The van der Waals surface area contributed by atoms with Crippen molar-refractivity contribution in [3.05, 3.63) is 0 Å². The summed E-state index contributed by atoms with van der Waals surface area (Å²) in [6.45, 7) is 7.90. The Morgan fingerprint density at radius 2 is 2.20 bits per heavy atom. The van der Waals surface area contributed by atoms with Crippen molar-refractivity contribution >= 4 is 0 Å². The fourth-order valence-corrected chi connectivity index (χ4v) is 1.79. The van der Waals surface area contributed by atoms with E-state index in [0.717, 1.165) is 32.7 Å². The van der Waals surface area contributed by atoms with Gasteiger partial charge in [0.1, 0.15) is 0 Å². The minimum Gasteiger partial charge on any atom is -0.378 e. The summed E-state index contributed by atoms with van der Waals surface area (Å²) in [6, 6.07) is 0. The van der Waals surface area contributed by atoms with Gasteiger partial charge in [-0.3, -0.25) is 0 Å². The first kappa shape index (κ1) is 12.9. The van der Waals surface area contributed by atoms with Crippen molar-refractivity contribution in [3.63, 3.8) is 0 Å². The van der Waals surface area contributed by atoms with Crippen molar-refractivity contribution < 1.29 is 9.47 Å². The maximum atomic E-state index is 5.65. The summed E-state index contributed by atoms with van der Waals surface area (Å²) in [5.41, 5.74) is 0. The maximum absolute atomic E-state index is 5.65. The first-order valence-corrected chi connectivity index (χ1v) is 6.23. The first-order chi connectivity index (χ1) is 7.29. The van der Waals surface area contributed by atoms with Crippen LogP contribution in [0.2, 0.25) is 0 Å². The van der Waals surface area contributed by atoms with Crippen LogP contribution in [-0.2, 0) is 9.47 Å². The van der Waals surface area contributed by atoms with E-state index in [1.54, 1.807) is 0 Å². The van der Waals surface area contributed by atoms with Gasteiger partial charge < -0.3 is 14.8 Å². The number of rotatable bonds is 7. The topological polar surface area (TPSA) is 30.5 Å². The van der Waals surface area contributed by atoms with Crippen LogP contribution in [0, 0.1) is 0 Å². The largest absolute Gasteiger partial charge is 0.378 e. The standard InChI is InChI=1S/C12H25NO2/c1-11(2)14-10-8-13-7-6-12-5-3-4-9-15-12/h11-13H,3-10H2,1-2H3. The lowest BCUT2D eigenvalue weighted by molar-refractivity contribution is 0.0110. The minimum absolute atomic E-state index is 0.341. The van der Waals surface area contributed by atoms with Gasteiger partial charge in [-0.25, -0.2) is 0 Å².